The number of benzene rings is 2. The van der Waals surface area contributed by atoms with E-state index in [2.05, 4.69) is 26.2 Å². The summed E-state index contributed by atoms with van der Waals surface area (Å²) in [7, 11) is 0. The Hall–Kier alpha value is -2.63. The van der Waals surface area contributed by atoms with Gasteiger partial charge in [0, 0.05) is 22.8 Å². The molecule has 0 saturated carbocycles. The molecule has 2 aromatic heterocycles. The molecule has 5 heteroatoms. The lowest BCUT2D eigenvalue weighted by Crippen LogP contribution is -2.11. The Kier molecular flexibility index (Phi) is 5.43. The Labute approximate surface area is 174 Å². The Morgan fingerprint density at radius 2 is 1.86 bits per heavy atom. The summed E-state index contributed by atoms with van der Waals surface area (Å²) in [6, 6.07) is 15.9. The van der Waals surface area contributed by atoms with Crippen LogP contribution >= 0.6 is 11.3 Å². The van der Waals surface area contributed by atoms with Crippen molar-refractivity contribution >= 4 is 22.3 Å². The van der Waals surface area contributed by atoms with Gasteiger partial charge in [0.2, 0.25) is 0 Å². The fraction of sp³-hybridized carbons (Fsp3) is 0.292. The first-order chi connectivity index (χ1) is 13.9. The molecule has 4 rings (SSSR count). The van der Waals surface area contributed by atoms with E-state index in [1.165, 1.54) is 0 Å². The van der Waals surface area contributed by atoms with E-state index in [1.54, 1.807) is 11.3 Å². The van der Waals surface area contributed by atoms with Gasteiger partial charge < -0.3 is 14.3 Å². The van der Waals surface area contributed by atoms with E-state index in [1.807, 2.05) is 48.5 Å². The number of furan rings is 1. The molecule has 150 valence electrons. The summed E-state index contributed by atoms with van der Waals surface area (Å²) in [6.07, 6.45) is 0.633. The lowest BCUT2D eigenvalue weighted by atomic mass is 9.93. The van der Waals surface area contributed by atoms with E-state index in [-0.39, 0.29) is 12.0 Å². The summed E-state index contributed by atoms with van der Waals surface area (Å²) < 4.78 is 12.0. The molecule has 29 heavy (non-hydrogen) atoms. The monoisotopic (exact) mass is 407 g/mol. The van der Waals surface area contributed by atoms with Crippen molar-refractivity contribution in [3.05, 3.63) is 70.7 Å². The summed E-state index contributed by atoms with van der Waals surface area (Å²) >= 11 is 1.61. The number of rotatable bonds is 6. The van der Waals surface area contributed by atoms with Crippen LogP contribution in [0.1, 0.15) is 37.6 Å². The highest BCUT2D eigenvalue weighted by Gasteiger charge is 2.19. The van der Waals surface area contributed by atoms with Crippen molar-refractivity contribution in [1.82, 2.24) is 4.98 Å². The SMILES string of the molecule is CC(C)(C)c1csc(-c2cc3cc(OCc4ccccc4CCO)ccc3o2)n1. The van der Waals surface area contributed by atoms with Crippen molar-refractivity contribution in [3.8, 4) is 16.5 Å². The first-order valence-corrected chi connectivity index (χ1v) is 10.6. The van der Waals surface area contributed by atoms with Gasteiger partial charge in [-0.05, 0) is 41.8 Å². The van der Waals surface area contributed by atoms with Gasteiger partial charge in [-0.2, -0.15) is 0 Å². The van der Waals surface area contributed by atoms with E-state index in [9.17, 15) is 5.11 Å². The van der Waals surface area contributed by atoms with Gasteiger partial charge in [-0.1, -0.05) is 45.0 Å². The molecule has 0 amide bonds. The summed E-state index contributed by atoms with van der Waals surface area (Å²) in [6.45, 7) is 7.08. The van der Waals surface area contributed by atoms with Crippen LogP contribution in [0.4, 0.5) is 0 Å². The second-order valence-corrected chi connectivity index (χ2v) is 8.99. The highest BCUT2D eigenvalue weighted by molar-refractivity contribution is 7.13. The van der Waals surface area contributed by atoms with Crippen LogP contribution in [-0.4, -0.2) is 16.7 Å². The number of aliphatic hydroxyl groups is 1. The van der Waals surface area contributed by atoms with Crippen LogP contribution in [0, 0.1) is 0 Å². The third-order valence-corrected chi connectivity index (χ3v) is 5.72. The molecule has 0 bridgehead atoms. The van der Waals surface area contributed by atoms with Crippen molar-refractivity contribution in [3.63, 3.8) is 0 Å². The van der Waals surface area contributed by atoms with Crippen LogP contribution in [0.25, 0.3) is 21.7 Å². The molecule has 0 atom stereocenters. The highest BCUT2D eigenvalue weighted by atomic mass is 32.1. The number of aromatic nitrogens is 1. The molecule has 2 heterocycles. The lowest BCUT2D eigenvalue weighted by Gasteiger charge is -2.13. The Morgan fingerprint density at radius 1 is 1.07 bits per heavy atom. The number of nitrogens with zero attached hydrogens (tertiary/aromatic N) is 1. The maximum atomic E-state index is 9.23. The van der Waals surface area contributed by atoms with Gasteiger partial charge in [-0.15, -0.1) is 11.3 Å². The highest BCUT2D eigenvalue weighted by Crippen LogP contribution is 2.34. The summed E-state index contributed by atoms with van der Waals surface area (Å²) in [5.74, 6) is 1.57. The number of thiazole rings is 1. The third kappa shape index (κ3) is 4.36. The lowest BCUT2D eigenvalue weighted by molar-refractivity contribution is 0.291. The Balaban J connectivity index is 1.54. The van der Waals surface area contributed by atoms with Crippen LogP contribution in [-0.2, 0) is 18.4 Å². The van der Waals surface area contributed by atoms with Gasteiger partial charge in [0.25, 0.3) is 0 Å². The molecule has 0 fully saturated rings. The van der Waals surface area contributed by atoms with Gasteiger partial charge in [0.15, 0.2) is 10.8 Å². The minimum absolute atomic E-state index is 0.0219. The van der Waals surface area contributed by atoms with Crippen LogP contribution in [0.2, 0.25) is 0 Å². The molecule has 0 unspecified atom stereocenters. The minimum atomic E-state index is 0.0219. The molecular weight excluding hydrogens is 382 g/mol. The largest absolute Gasteiger partial charge is 0.489 e. The number of aliphatic hydroxyl groups excluding tert-OH is 1. The topological polar surface area (TPSA) is 55.5 Å². The molecule has 0 aliphatic heterocycles. The van der Waals surface area contributed by atoms with Crippen molar-refractivity contribution in [1.29, 1.82) is 0 Å². The molecule has 0 aliphatic rings. The van der Waals surface area contributed by atoms with Gasteiger partial charge >= 0.3 is 0 Å². The maximum Gasteiger partial charge on any atom is 0.164 e. The predicted octanol–water partition coefficient (Wildman–Crippen LogP) is 5.97. The average molecular weight is 408 g/mol. The predicted molar refractivity (Wildman–Crippen MR) is 118 cm³/mol. The van der Waals surface area contributed by atoms with Crippen molar-refractivity contribution in [2.45, 2.75) is 39.2 Å². The van der Waals surface area contributed by atoms with Gasteiger partial charge in [-0.3, -0.25) is 0 Å². The molecular formula is C24H25NO3S. The van der Waals surface area contributed by atoms with Crippen LogP contribution in [0.15, 0.2) is 58.3 Å². The summed E-state index contributed by atoms with van der Waals surface area (Å²) in [5.41, 5.74) is 4.12. The van der Waals surface area contributed by atoms with Gasteiger partial charge in [-0.25, -0.2) is 4.98 Å². The smallest absolute Gasteiger partial charge is 0.164 e. The molecule has 2 aromatic carbocycles. The normalized spacial score (nSPS) is 11.9. The van der Waals surface area contributed by atoms with Crippen LogP contribution in [0.5, 0.6) is 5.75 Å². The quantitative estimate of drug-likeness (QED) is 0.428. The zero-order valence-corrected chi connectivity index (χ0v) is 17.8. The fourth-order valence-corrected chi connectivity index (χ4v) is 4.17. The van der Waals surface area contributed by atoms with E-state index < -0.39 is 0 Å². The zero-order valence-electron chi connectivity index (χ0n) is 16.9. The van der Waals surface area contributed by atoms with Crippen molar-refractivity contribution < 1.29 is 14.3 Å². The standard InChI is InChI=1S/C24H25NO3S/c1-24(2,3)22-15-29-23(25-22)21-13-18-12-19(8-9-20(18)28-21)27-14-17-7-5-4-6-16(17)10-11-26/h4-9,12-13,15,26H,10-11,14H2,1-3H3. The van der Waals surface area contributed by atoms with Gasteiger partial charge in [0.05, 0.1) is 5.69 Å². The molecule has 0 spiro atoms. The van der Waals surface area contributed by atoms with E-state index in [4.69, 9.17) is 14.1 Å². The number of fused-ring (bicyclic) bond motifs is 1. The number of hydrogen-bond acceptors (Lipinski definition) is 5. The van der Waals surface area contributed by atoms with Crippen molar-refractivity contribution in [2.75, 3.05) is 6.61 Å². The van der Waals surface area contributed by atoms with E-state index >= 15 is 0 Å². The number of ether oxygens (including phenoxy) is 1. The molecule has 4 nitrogen and oxygen atoms in total. The van der Waals surface area contributed by atoms with Crippen LogP contribution in [0.3, 0.4) is 0 Å². The van der Waals surface area contributed by atoms with E-state index in [0.717, 1.165) is 44.3 Å². The molecule has 0 radical (unpaired) electrons. The molecule has 0 saturated heterocycles. The fourth-order valence-electron chi connectivity index (χ4n) is 3.17. The second kappa shape index (κ2) is 8.01. The van der Waals surface area contributed by atoms with Gasteiger partial charge in [0.1, 0.15) is 17.9 Å². The first-order valence-electron chi connectivity index (χ1n) is 9.74. The second-order valence-electron chi connectivity index (χ2n) is 8.13. The van der Waals surface area contributed by atoms with E-state index in [0.29, 0.717) is 13.0 Å². The summed E-state index contributed by atoms with van der Waals surface area (Å²) in [5, 5.41) is 13.2. The zero-order chi connectivity index (χ0) is 20.4. The van der Waals surface area contributed by atoms with Crippen LogP contribution < -0.4 is 4.74 Å². The summed E-state index contributed by atoms with van der Waals surface area (Å²) in [4.78, 5) is 4.75. The Morgan fingerprint density at radius 3 is 2.59 bits per heavy atom. The third-order valence-electron chi connectivity index (χ3n) is 4.87. The molecule has 4 aromatic rings. The maximum absolute atomic E-state index is 9.23. The first kappa shape index (κ1) is 19.7. The molecule has 0 aliphatic carbocycles. The van der Waals surface area contributed by atoms with Crippen molar-refractivity contribution in [2.24, 2.45) is 0 Å². The molecule has 1 N–H and O–H groups in total. The number of hydrogen-bond donors (Lipinski definition) is 1. The average Bonchev–Trinajstić information content (AvgIpc) is 3.34. The minimum Gasteiger partial charge on any atom is -0.489 e. The Bertz CT molecular complexity index is 1120.